The molecule has 0 unspecified atom stereocenters. The van der Waals surface area contributed by atoms with Crippen LogP contribution in [0.5, 0.6) is 0 Å². The fourth-order valence-corrected chi connectivity index (χ4v) is 2.65. The van der Waals surface area contributed by atoms with Crippen LogP contribution in [0.1, 0.15) is 16.7 Å². The van der Waals surface area contributed by atoms with Crippen molar-refractivity contribution in [2.24, 2.45) is 0 Å². The summed E-state index contributed by atoms with van der Waals surface area (Å²) in [5.74, 6) is -1.47. The maximum Gasteiger partial charge on any atom is 0.407 e. The number of rotatable bonds is 4. The highest BCUT2D eigenvalue weighted by Gasteiger charge is 2.16. The van der Waals surface area contributed by atoms with E-state index in [1.807, 2.05) is 25.1 Å². The lowest BCUT2D eigenvalue weighted by atomic mass is 10.0. The van der Waals surface area contributed by atoms with Crippen LogP contribution in [0.3, 0.4) is 0 Å². The number of hydrogen-bond donors (Lipinski definition) is 1. The second kappa shape index (κ2) is 7.53. The highest BCUT2D eigenvalue weighted by molar-refractivity contribution is 5.67. The van der Waals surface area contributed by atoms with Crippen molar-refractivity contribution in [2.75, 3.05) is 7.11 Å². The summed E-state index contributed by atoms with van der Waals surface area (Å²) in [6.45, 7) is 3.79. The molecule has 0 saturated carbocycles. The van der Waals surface area contributed by atoms with Gasteiger partial charge in [0.1, 0.15) is 5.69 Å². The van der Waals surface area contributed by atoms with Gasteiger partial charge in [-0.15, -0.1) is 9.90 Å². The lowest BCUT2D eigenvalue weighted by Crippen LogP contribution is -2.22. The van der Waals surface area contributed by atoms with E-state index in [-0.39, 0.29) is 12.2 Å². The topological polar surface area (TPSA) is 69.0 Å². The van der Waals surface area contributed by atoms with Gasteiger partial charge in [0.15, 0.2) is 17.3 Å². The van der Waals surface area contributed by atoms with Crippen LogP contribution in [0.25, 0.3) is 16.9 Å². The number of hydrogen-bond acceptors (Lipinski definition) is 4. The minimum atomic E-state index is -0.735. The van der Waals surface area contributed by atoms with E-state index in [0.717, 1.165) is 15.9 Å². The van der Waals surface area contributed by atoms with Gasteiger partial charge in [0.2, 0.25) is 0 Å². The lowest BCUT2D eigenvalue weighted by Gasteiger charge is -2.09. The van der Waals surface area contributed by atoms with Crippen molar-refractivity contribution in [3.05, 3.63) is 64.9 Å². The predicted molar refractivity (Wildman–Crippen MR) is 95.4 cm³/mol. The van der Waals surface area contributed by atoms with E-state index in [2.05, 4.69) is 20.3 Å². The van der Waals surface area contributed by atoms with Crippen LogP contribution in [0, 0.1) is 25.5 Å². The van der Waals surface area contributed by atoms with E-state index >= 15 is 0 Å². The first-order valence-electron chi connectivity index (χ1n) is 8.19. The third-order valence-electron chi connectivity index (χ3n) is 4.11. The zero-order valence-electron chi connectivity index (χ0n) is 15.1. The van der Waals surface area contributed by atoms with Gasteiger partial charge in [0.05, 0.1) is 13.3 Å². The number of benzene rings is 2. The second-order valence-electron chi connectivity index (χ2n) is 6.08. The number of carbonyl (C=O) groups excluding carboxylic acids is 1. The quantitative estimate of drug-likeness (QED) is 0.758. The van der Waals surface area contributed by atoms with E-state index in [1.54, 1.807) is 6.92 Å². The maximum absolute atomic E-state index is 14.1. The molecule has 0 spiro atoms. The highest BCUT2D eigenvalue weighted by Crippen LogP contribution is 2.23. The predicted octanol–water partition coefficient (Wildman–Crippen LogP) is 3.69. The fraction of sp³-hybridized carbons (Fsp3) is 0.211. The molecule has 0 fully saturated rings. The average Bonchev–Trinajstić information content (AvgIpc) is 3.09. The average molecular weight is 372 g/mol. The molecule has 0 aliphatic carbocycles. The molecule has 8 heteroatoms. The normalized spacial score (nSPS) is 10.7. The number of carbonyl (C=O) groups is 1. The van der Waals surface area contributed by atoms with Gasteiger partial charge < -0.3 is 10.1 Å². The van der Waals surface area contributed by atoms with Crippen molar-refractivity contribution in [1.29, 1.82) is 0 Å². The monoisotopic (exact) mass is 372 g/mol. The number of amides is 1. The van der Waals surface area contributed by atoms with Crippen LogP contribution >= 0.6 is 0 Å². The standard InChI is InChI=1S/C19H18F2N4O2/c1-11-6-15(20)18(16(21)7-11)25-23-10-17(24-25)13-5-4-12(2)14(8-13)9-22-19(26)27-3/h4-8,10H,9H2,1-3H3,(H,22,26). The number of nitrogens with one attached hydrogen (secondary N) is 1. The maximum atomic E-state index is 14.1. The number of aryl methyl sites for hydroxylation is 2. The van der Waals surface area contributed by atoms with Gasteiger partial charge in [-0.25, -0.2) is 13.6 Å². The molecule has 3 aromatic rings. The molecule has 1 aromatic heterocycles. The number of aromatic nitrogens is 3. The van der Waals surface area contributed by atoms with Crippen molar-refractivity contribution < 1.29 is 18.3 Å². The molecule has 0 aliphatic rings. The number of alkyl carbamates (subject to hydrolysis) is 1. The molecule has 0 atom stereocenters. The molecule has 2 aromatic carbocycles. The minimum Gasteiger partial charge on any atom is -0.453 e. The Balaban J connectivity index is 1.92. The molecule has 3 rings (SSSR count). The van der Waals surface area contributed by atoms with Crippen LogP contribution in [-0.4, -0.2) is 28.2 Å². The number of ether oxygens (including phenoxy) is 1. The summed E-state index contributed by atoms with van der Waals surface area (Å²) < 4.78 is 32.8. The molecule has 0 bridgehead atoms. The Kier molecular flexibility index (Phi) is 5.16. The molecule has 1 N–H and O–H groups in total. The Hall–Kier alpha value is -3.29. The first kappa shape index (κ1) is 18.5. The fourth-order valence-electron chi connectivity index (χ4n) is 2.65. The summed E-state index contributed by atoms with van der Waals surface area (Å²) >= 11 is 0. The van der Waals surface area contributed by atoms with E-state index < -0.39 is 17.7 Å². The summed E-state index contributed by atoms with van der Waals surface area (Å²) in [5, 5.41) is 10.8. The first-order chi connectivity index (χ1) is 12.9. The Bertz CT molecular complexity index is 978. The Morgan fingerprint density at radius 2 is 1.89 bits per heavy atom. The van der Waals surface area contributed by atoms with Gasteiger partial charge in [-0.2, -0.15) is 5.10 Å². The van der Waals surface area contributed by atoms with Crippen molar-refractivity contribution in [3.63, 3.8) is 0 Å². The van der Waals surface area contributed by atoms with E-state index in [9.17, 15) is 13.6 Å². The zero-order valence-corrected chi connectivity index (χ0v) is 15.1. The van der Waals surface area contributed by atoms with Gasteiger partial charge in [0, 0.05) is 12.1 Å². The van der Waals surface area contributed by atoms with Crippen molar-refractivity contribution in [3.8, 4) is 16.9 Å². The van der Waals surface area contributed by atoms with Gasteiger partial charge >= 0.3 is 6.09 Å². The van der Waals surface area contributed by atoms with Gasteiger partial charge in [-0.3, -0.25) is 0 Å². The Morgan fingerprint density at radius 3 is 2.56 bits per heavy atom. The summed E-state index contributed by atoms with van der Waals surface area (Å²) in [5.41, 5.74) is 3.14. The lowest BCUT2D eigenvalue weighted by molar-refractivity contribution is 0.170. The molecular formula is C19H18F2N4O2. The third kappa shape index (κ3) is 3.94. The van der Waals surface area contributed by atoms with Crippen molar-refractivity contribution in [2.45, 2.75) is 20.4 Å². The van der Waals surface area contributed by atoms with Crippen LogP contribution in [0.4, 0.5) is 13.6 Å². The molecule has 1 amide bonds. The summed E-state index contributed by atoms with van der Waals surface area (Å²) in [6, 6.07) is 7.98. The van der Waals surface area contributed by atoms with E-state index in [4.69, 9.17) is 0 Å². The van der Waals surface area contributed by atoms with Crippen LogP contribution in [-0.2, 0) is 11.3 Å². The van der Waals surface area contributed by atoms with Crippen molar-refractivity contribution >= 4 is 6.09 Å². The molecule has 6 nitrogen and oxygen atoms in total. The Labute approximate surface area is 154 Å². The first-order valence-corrected chi connectivity index (χ1v) is 8.19. The summed E-state index contributed by atoms with van der Waals surface area (Å²) in [4.78, 5) is 12.2. The third-order valence-corrected chi connectivity index (χ3v) is 4.11. The van der Waals surface area contributed by atoms with Crippen LogP contribution < -0.4 is 5.32 Å². The molecule has 27 heavy (non-hydrogen) atoms. The minimum absolute atomic E-state index is 0.279. The molecule has 0 radical (unpaired) electrons. The molecule has 0 aliphatic heterocycles. The van der Waals surface area contributed by atoms with E-state index in [1.165, 1.54) is 25.4 Å². The molecule has 1 heterocycles. The van der Waals surface area contributed by atoms with Crippen molar-refractivity contribution in [1.82, 2.24) is 20.3 Å². The smallest absolute Gasteiger partial charge is 0.407 e. The van der Waals surface area contributed by atoms with Gasteiger partial charge in [0.25, 0.3) is 0 Å². The molecular weight excluding hydrogens is 354 g/mol. The van der Waals surface area contributed by atoms with E-state index in [0.29, 0.717) is 16.8 Å². The highest BCUT2D eigenvalue weighted by atomic mass is 19.1. The van der Waals surface area contributed by atoms with Gasteiger partial charge in [-0.1, -0.05) is 12.1 Å². The SMILES string of the molecule is COC(=O)NCc1cc(-c2cnn(-c3c(F)cc(C)cc3F)n2)ccc1C. The summed E-state index contributed by atoms with van der Waals surface area (Å²) in [6.07, 6.45) is 0.900. The molecule has 140 valence electrons. The zero-order chi connectivity index (χ0) is 19.6. The number of nitrogens with zero attached hydrogens (tertiary/aromatic N) is 3. The molecule has 0 saturated heterocycles. The Morgan fingerprint density at radius 1 is 1.19 bits per heavy atom. The second-order valence-corrected chi connectivity index (χ2v) is 6.08. The van der Waals surface area contributed by atoms with Crippen LogP contribution in [0.15, 0.2) is 36.5 Å². The number of methoxy groups -OCH3 is 1. The largest absolute Gasteiger partial charge is 0.453 e. The van der Waals surface area contributed by atoms with Gasteiger partial charge in [-0.05, 0) is 48.7 Å². The van der Waals surface area contributed by atoms with Crippen LogP contribution in [0.2, 0.25) is 0 Å². The summed E-state index contributed by atoms with van der Waals surface area (Å²) in [7, 11) is 1.29. The number of halogens is 2.